The molecule has 0 aliphatic carbocycles. The molecule has 0 saturated heterocycles. The molecule has 0 aromatic carbocycles. The lowest BCUT2D eigenvalue weighted by Crippen LogP contribution is -2.12. The summed E-state index contributed by atoms with van der Waals surface area (Å²) in [5, 5.41) is 15.1. The molecule has 0 aliphatic heterocycles. The Labute approximate surface area is 103 Å². The number of carboxylic acid groups (broad SMARTS) is 1. The monoisotopic (exact) mass is 247 g/mol. The first-order valence-electron chi connectivity index (χ1n) is 5.24. The zero-order valence-corrected chi connectivity index (χ0v) is 10.0. The molecule has 1 amide bonds. The van der Waals surface area contributed by atoms with Gasteiger partial charge in [-0.2, -0.15) is 5.10 Å². The normalized spacial score (nSPS) is 10.3. The number of aryl methyl sites for hydroxylation is 2. The molecule has 7 nitrogen and oxygen atoms in total. The molecule has 2 aromatic rings. The van der Waals surface area contributed by atoms with Crippen molar-refractivity contribution in [3.05, 3.63) is 24.0 Å². The summed E-state index contributed by atoms with van der Waals surface area (Å²) >= 11 is 0. The van der Waals surface area contributed by atoms with Crippen molar-refractivity contribution in [2.24, 2.45) is 7.05 Å². The molecule has 0 unspecified atom stereocenters. The summed E-state index contributed by atoms with van der Waals surface area (Å²) in [5.74, 6) is 0.374. The van der Waals surface area contributed by atoms with E-state index in [9.17, 15) is 4.79 Å². The van der Waals surface area contributed by atoms with Gasteiger partial charge < -0.3 is 10.8 Å². The largest absolute Gasteiger partial charge is 0.465 e. The Morgan fingerprint density at radius 2 is 2.22 bits per heavy atom. The summed E-state index contributed by atoms with van der Waals surface area (Å²) in [7, 11) is 1.65. The van der Waals surface area contributed by atoms with Crippen LogP contribution in [-0.4, -0.2) is 26.0 Å². The summed E-state index contributed by atoms with van der Waals surface area (Å²) in [6.07, 6.45) is 0.412. The number of nitrogens with zero attached hydrogens (tertiary/aromatic N) is 3. The molecule has 0 atom stereocenters. The second-order valence-corrected chi connectivity index (χ2v) is 3.83. The Bertz CT molecular complexity index is 605. The Morgan fingerprint density at radius 3 is 2.83 bits per heavy atom. The van der Waals surface area contributed by atoms with E-state index in [-0.39, 0.29) is 0 Å². The number of nitrogen functional groups attached to an aromatic ring is 1. The summed E-state index contributed by atoms with van der Waals surface area (Å²) in [5.41, 5.74) is 8.22. The van der Waals surface area contributed by atoms with Crippen LogP contribution in [0.3, 0.4) is 0 Å². The van der Waals surface area contributed by atoms with Crippen LogP contribution in [0.2, 0.25) is 0 Å². The van der Waals surface area contributed by atoms with Gasteiger partial charge >= 0.3 is 6.09 Å². The minimum absolute atomic E-state index is 0.374. The summed E-state index contributed by atoms with van der Waals surface area (Å²) in [6.45, 7) is 1.79. The van der Waals surface area contributed by atoms with Crippen LogP contribution in [0.5, 0.6) is 0 Å². The molecule has 4 N–H and O–H groups in total. The van der Waals surface area contributed by atoms with E-state index in [1.807, 2.05) is 0 Å². The minimum Gasteiger partial charge on any atom is -0.465 e. The average molecular weight is 247 g/mol. The van der Waals surface area contributed by atoms with Gasteiger partial charge in [-0.05, 0) is 19.1 Å². The first-order chi connectivity index (χ1) is 8.49. The van der Waals surface area contributed by atoms with Crippen LogP contribution in [0.15, 0.2) is 18.3 Å². The Hall–Kier alpha value is -2.57. The van der Waals surface area contributed by atoms with E-state index in [2.05, 4.69) is 15.4 Å². The number of nitrogens with one attached hydrogen (secondary N) is 1. The van der Waals surface area contributed by atoms with Gasteiger partial charge in [-0.15, -0.1) is 0 Å². The highest BCUT2D eigenvalue weighted by Gasteiger charge is 2.14. The topological polar surface area (TPSA) is 106 Å². The van der Waals surface area contributed by atoms with Crippen molar-refractivity contribution in [3.63, 3.8) is 0 Å². The zero-order chi connectivity index (χ0) is 13.3. The van der Waals surface area contributed by atoms with E-state index in [0.717, 1.165) is 0 Å². The fourth-order valence-electron chi connectivity index (χ4n) is 1.60. The predicted octanol–water partition coefficient (Wildman–Crippen LogP) is 1.46. The van der Waals surface area contributed by atoms with E-state index >= 15 is 0 Å². The van der Waals surface area contributed by atoms with Crippen molar-refractivity contribution in [1.29, 1.82) is 0 Å². The smallest absolute Gasteiger partial charge is 0.410 e. The number of pyridine rings is 1. The van der Waals surface area contributed by atoms with Gasteiger partial charge in [-0.1, -0.05) is 0 Å². The molecule has 2 aromatic heterocycles. The molecular weight excluding hydrogens is 234 g/mol. The molecule has 94 valence electrons. The maximum Gasteiger partial charge on any atom is 0.410 e. The second-order valence-electron chi connectivity index (χ2n) is 3.83. The number of aromatic nitrogens is 3. The van der Waals surface area contributed by atoms with E-state index in [0.29, 0.717) is 28.5 Å². The van der Waals surface area contributed by atoms with Crippen LogP contribution < -0.4 is 11.1 Å². The van der Waals surface area contributed by atoms with Gasteiger partial charge in [0.15, 0.2) is 0 Å². The number of rotatable bonds is 2. The molecule has 0 radical (unpaired) electrons. The Kier molecular flexibility index (Phi) is 2.88. The van der Waals surface area contributed by atoms with Gasteiger partial charge in [-0.3, -0.25) is 15.0 Å². The van der Waals surface area contributed by atoms with Crippen molar-refractivity contribution >= 4 is 17.6 Å². The number of carbonyl (C=O) groups is 1. The third kappa shape index (κ3) is 2.10. The van der Waals surface area contributed by atoms with Gasteiger partial charge in [0.05, 0.1) is 28.8 Å². The minimum atomic E-state index is -1.15. The zero-order valence-electron chi connectivity index (χ0n) is 10.0. The highest BCUT2D eigenvalue weighted by molar-refractivity contribution is 5.88. The Morgan fingerprint density at radius 1 is 1.50 bits per heavy atom. The van der Waals surface area contributed by atoms with Crippen molar-refractivity contribution in [1.82, 2.24) is 14.8 Å². The van der Waals surface area contributed by atoms with Gasteiger partial charge in [0.2, 0.25) is 0 Å². The molecule has 18 heavy (non-hydrogen) atoms. The number of hydrogen-bond acceptors (Lipinski definition) is 4. The fraction of sp³-hybridized carbons (Fsp3) is 0.182. The molecule has 0 bridgehead atoms. The highest BCUT2D eigenvalue weighted by atomic mass is 16.4. The third-order valence-corrected chi connectivity index (χ3v) is 2.57. The van der Waals surface area contributed by atoms with Crippen molar-refractivity contribution in [2.45, 2.75) is 6.92 Å². The lowest BCUT2D eigenvalue weighted by Gasteiger charge is -2.06. The molecule has 2 heterocycles. The van der Waals surface area contributed by atoms with E-state index < -0.39 is 6.09 Å². The van der Waals surface area contributed by atoms with Gasteiger partial charge in [0.25, 0.3) is 0 Å². The van der Waals surface area contributed by atoms with Crippen LogP contribution in [-0.2, 0) is 7.05 Å². The number of hydrogen-bond donors (Lipinski definition) is 3. The molecule has 2 rings (SSSR count). The maximum absolute atomic E-state index is 10.7. The SMILES string of the molecule is Cc1nc(-c2cnn(C)c2NC(=O)O)ccc1N. The van der Waals surface area contributed by atoms with Crippen molar-refractivity contribution in [3.8, 4) is 11.3 Å². The molecule has 7 heteroatoms. The standard InChI is InChI=1S/C11H13N5O2/c1-6-8(12)3-4-9(14-6)7-5-13-16(2)10(7)15-11(17)18/h3-5,15H,12H2,1-2H3,(H,17,18). The first-order valence-corrected chi connectivity index (χ1v) is 5.24. The number of nitrogens with two attached hydrogens (primary N) is 1. The summed E-state index contributed by atoms with van der Waals surface area (Å²) < 4.78 is 1.44. The number of anilines is 2. The lowest BCUT2D eigenvalue weighted by molar-refractivity contribution is 0.209. The first kappa shape index (κ1) is 11.9. The van der Waals surface area contributed by atoms with E-state index in [4.69, 9.17) is 10.8 Å². The third-order valence-electron chi connectivity index (χ3n) is 2.57. The van der Waals surface area contributed by atoms with Gasteiger partial charge in [-0.25, -0.2) is 4.79 Å². The maximum atomic E-state index is 10.7. The van der Waals surface area contributed by atoms with Crippen LogP contribution in [0, 0.1) is 6.92 Å². The lowest BCUT2D eigenvalue weighted by atomic mass is 10.2. The quantitative estimate of drug-likeness (QED) is 0.744. The molecule has 0 aliphatic rings. The number of amides is 1. The summed E-state index contributed by atoms with van der Waals surface area (Å²) in [4.78, 5) is 15.0. The van der Waals surface area contributed by atoms with Crippen molar-refractivity contribution in [2.75, 3.05) is 11.1 Å². The molecule has 0 fully saturated rings. The predicted molar refractivity (Wildman–Crippen MR) is 67.2 cm³/mol. The van der Waals surface area contributed by atoms with Crippen molar-refractivity contribution < 1.29 is 9.90 Å². The Balaban J connectivity index is 2.50. The van der Waals surface area contributed by atoms with Crippen LogP contribution in [0.4, 0.5) is 16.3 Å². The van der Waals surface area contributed by atoms with Crippen LogP contribution >= 0.6 is 0 Å². The average Bonchev–Trinajstić information content (AvgIpc) is 2.64. The van der Waals surface area contributed by atoms with Crippen LogP contribution in [0.1, 0.15) is 5.69 Å². The fourth-order valence-corrected chi connectivity index (χ4v) is 1.60. The van der Waals surface area contributed by atoms with E-state index in [1.54, 1.807) is 32.3 Å². The molecule has 0 saturated carbocycles. The molecular formula is C11H13N5O2. The molecule has 0 spiro atoms. The summed E-state index contributed by atoms with van der Waals surface area (Å²) in [6, 6.07) is 3.46. The van der Waals surface area contributed by atoms with Crippen LogP contribution in [0.25, 0.3) is 11.3 Å². The second kappa shape index (κ2) is 4.36. The highest BCUT2D eigenvalue weighted by Crippen LogP contribution is 2.27. The van der Waals surface area contributed by atoms with Gasteiger partial charge in [0.1, 0.15) is 5.82 Å². The van der Waals surface area contributed by atoms with E-state index in [1.165, 1.54) is 4.68 Å². The van der Waals surface area contributed by atoms with Gasteiger partial charge in [0, 0.05) is 7.05 Å².